The van der Waals surface area contributed by atoms with E-state index in [0.717, 1.165) is 5.56 Å². The molecular formula is C19H24N2O4S. The number of amides is 1. The maximum absolute atomic E-state index is 12.3. The number of carbonyl (C=O) groups excluding carboxylic acids is 1. The molecule has 2 aromatic rings. The van der Waals surface area contributed by atoms with E-state index >= 15 is 0 Å². The summed E-state index contributed by atoms with van der Waals surface area (Å²) in [5, 5.41) is 12.2. The minimum atomic E-state index is -3.42. The van der Waals surface area contributed by atoms with Gasteiger partial charge in [-0.05, 0) is 69.7 Å². The van der Waals surface area contributed by atoms with Gasteiger partial charge in [-0.25, -0.2) is 8.42 Å². The first-order chi connectivity index (χ1) is 12.0. The number of sulfonamides is 1. The lowest BCUT2D eigenvalue weighted by Crippen LogP contribution is -2.22. The Morgan fingerprint density at radius 1 is 0.962 bits per heavy atom. The predicted octanol–water partition coefficient (Wildman–Crippen LogP) is 3.32. The van der Waals surface area contributed by atoms with Crippen molar-refractivity contribution in [2.24, 2.45) is 0 Å². The van der Waals surface area contributed by atoms with Gasteiger partial charge in [0.15, 0.2) is 0 Å². The third-order valence-electron chi connectivity index (χ3n) is 3.88. The zero-order valence-electron chi connectivity index (χ0n) is 15.3. The highest BCUT2D eigenvalue weighted by molar-refractivity contribution is 7.93. The summed E-state index contributed by atoms with van der Waals surface area (Å²) in [4.78, 5) is 12.3. The quantitative estimate of drug-likeness (QED) is 0.721. The summed E-state index contributed by atoms with van der Waals surface area (Å²) in [7, 11) is -3.42. The van der Waals surface area contributed by atoms with Crippen LogP contribution in [-0.2, 0) is 15.6 Å². The zero-order valence-corrected chi connectivity index (χ0v) is 16.1. The van der Waals surface area contributed by atoms with Crippen molar-refractivity contribution < 1.29 is 18.3 Å². The van der Waals surface area contributed by atoms with Gasteiger partial charge in [0.2, 0.25) is 10.0 Å². The topological polar surface area (TPSA) is 95.5 Å². The van der Waals surface area contributed by atoms with Crippen LogP contribution < -0.4 is 10.0 Å². The molecule has 0 heterocycles. The van der Waals surface area contributed by atoms with Crippen molar-refractivity contribution in [1.82, 2.24) is 0 Å². The summed E-state index contributed by atoms with van der Waals surface area (Å²) in [5.74, 6) is -0.306. The summed E-state index contributed by atoms with van der Waals surface area (Å²) < 4.78 is 26.2. The van der Waals surface area contributed by atoms with Crippen LogP contribution in [0.25, 0.3) is 0 Å². The van der Waals surface area contributed by atoms with Crippen LogP contribution in [0.3, 0.4) is 0 Å². The summed E-state index contributed by atoms with van der Waals surface area (Å²) in [6.07, 6.45) is 0. The molecule has 0 radical (unpaired) electrons. The molecule has 0 spiro atoms. The molecule has 1 amide bonds. The molecule has 0 bridgehead atoms. The highest BCUT2D eigenvalue weighted by atomic mass is 32.2. The molecule has 0 unspecified atom stereocenters. The number of benzene rings is 2. The van der Waals surface area contributed by atoms with Crippen LogP contribution >= 0.6 is 0 Å². The van der Waals surface area contributed by atoms with Crippen LogP contribution in [-0.4, -0.2) is 24.7 Å². The van der Waals surface area contributed by atoms with E-state index in [1.165, 1.54) is 0 Å². The van der Waals surface area contributed by atoms with Gasteiger partial charge in [0, 0.05) is 16.9 Å². The van der Waals surface area contributed by atoms with Crippen LogP contribution in [0, 0.1) is 0 Å². The lowest BCUT2D eigenvalue weighted by Gasteiger charge is -2.18. The van der Waals surface area contributed by atoms with E-state index in [1.54, 1.807) is 76.2 Å². The fourth-order valence-electron chi connectivity index (χ4n) is 2.14. The molecule has 0 saturated heterocycles. The number of aliphatic hydroxyl groups is 1. The van der Waals surface area contributed by atoms with E-state index in [2.05, 4.69) is 10.0 Å². The molecule has 2 aromatic carbocycles. The van der Waals surface area contributed by atoms with E-state index in [0.29, 0.717) is 16.9 Å². The first-order valence-corrected chi connectivity index (χ1v) is 9.79. The van der Waals surface area contributed by atoms with E-state index < -0.39 is 20.9 Å². The Morgan fingerprint density at radius 2 is 1.46 bits per heavy atom. The Balaban J connectivity index is 2.06. The molecule has 26 heavy (non-hydrogen) atoms. The minimum Gasteiger partial charge on any atom is -0.386 e. The van der Waals surface area contributed by atoms with E-state index in [-0.39, 0.29) is 5.91 Å². The van der Waals surface area contributed by atoms with Gasteiger partial charge in [-0.15, -0.1) is 0 Å². The molecule has 6 nitrogen and oxygen atoms in total. The van der Waals surface area contributed by atoms with Gasteiger partial charge in [0.25, 0.3) is 5.91 Å². The van der Waals surface area contributed by atoms with E-state index in [4.69, 9.17) is 0 Å². The van der Waals surface area contributed by atoms with E-state index in [1.807, 2.05) is 0 Å². The van der Waals surface area contributed by atoms with Crippen molar-refractivity contribution in [3.63, 3.8) is 0 Å². The number of anilines is 2. The van der Waals surface area contributed by atoms with Gasteiger partial charge < -0.3 is 10.4 Å². The van der Waals surface area contributed by atoms with Crippen molar-refractivity contribution in [2.45, 2.75) is 38.5 Å². The maximum Gasteiger partial charge on any atom is 0.255 e. The summed E-state index contributed by atoms with van der Waals surface area (Å²) in [6, 6.07) is 13.1. The van der Waals surface area contributed by atoms with Crippen molar-refractivity contribution in [3.05, 3.63) is 59.7 Å². The van der Waals surface area contributed by atoms with Crippen molar-refractivity contribution in [3.8, 4) is 0 Å². The van der Waals surface area contributed by atoms with Crippen LogP contribution in [0.5, 0.6) is 0 Å². The second-order valence-corrected chi connectivity index (χ2v) is 9.10. The lowest BCUT2D eigenvalue weighted by molar-refractivity contribution is 0.0786. The van der Waals surface area contributed by atoms with Crippen molar-refractivity contribution >= 4 is 27.3 Å². The van der Waals surface area contributed by atoms with Crippen molar-refractivity contribution in [1.29, 1.82) is 0 Å². The van der Waals surface area contributed by atoms with Gasteiger partial charge in [-0.1, -0.05) is 12.1 Å². The normalized spacial score (nSPS) is 12.1. The highest BCUT2D eigenvalue weighted by Crippen LogP contribution is 2.22. The molecular weight excluding hydrogens is 352 g/mol. The first kappa shape index (κ1) is 19.9. The molecule has 0 aliphatic carbocycles. The van der Waals surface area contributed by atoms with Crippen LogP contribution in [0.4, 0.5) is 11.4 Å². The Labute approximate surface area is 154 Å². The first-order valence-electron chi connectivity index (χ1n) is 8.25. The molecule has 140 valence electrons. The second-order valence-electron chi connectivity index (χ2n) is 6.86. The Kier molecular flexibility index (Phi) is 5.73. The molecule has 0 aromatic heterocycles. The molecule has 3 N–H and O–H groups in total. The third-order valence-corrected chi connectivity index (χ3v) is 5.64. The van der Waals surface area contributed by atoms with Crippen LogP contribution in [0.2, 0.25) is 0 Å². The average Bonchev–Trinajstić information content (AvgIpc) is 2.54. The third kappa shape index (κ3) is 5.06. The lowest BCUT2D eigenvalue weighted by atomic mass is 9.98. The largest absolute Gasteiger partial charge is 0.386 e. The van der Waals surface area contributed by atoms with Crippen molar-refractivity contribution in [2.75, 3.05) is 10.0 Å². The predicted molar refractivity (Wildman–Crippen MR) is 104 cm³/mol. The van der Waals surface area contributed by atoms with Gasteiger partial charge >= 0.3 is 0 Å². The number of carbonyl (C=O) groups is 1. The average molecular weight is 376 g/mol. The molecule has 0 saturated carbocycles. The van der Waals surface area contributed by atoms with E-state index in [9.17, 15) is 18.3 Å². The van der Waals surface area contributed by atoms with Gasteiger partial charge in [-0.2, -0.15) is 0 Å². The second kappa shape index (κ2) is 7.47. The van der Waals surface area contributed by atoms with Gasteiger partial charge in [0.1, 0.15) is 0 Å². The zero-order chi connectivity index (χ0) is 19.5. The maximum atomic E-state index is 12.3. The summed E-state index contributed by atoms with van der Waals surface area (Å²) >= 11 is 0. The molecule has 7 heteroatoms. The van der Waals surface area contributed by atoms with Crippen LogP contribution in [0.1, 0.15) is 43.6 Å². The molecule has 2 rings (SSSR count). The molecule has 0 aliphatic rings. The molecule has 0 aliphatic heterocycles. The summed E-state index contributed by atoms with van der Waals surface area (Å²) in [6.45, 7) is 6.56. The van der Waals surface area contributed by atoms with Gasteiger partial charge in [-0.3, -0.25) is 9.52 Å². The number of rotatable bonds is 6. The Bertz CT molecular complexity index is 865. The summed E-state index contributed by atoms with van der Waals surface area (Å²) in [5.41, 5.74) is 1.22. The fourth-order valence-corrected chi connectivity index (χ4v) is 2.84. The minimum absolute atomic E-state index is 0.306. The fraction of sp³-hybridized carbons (Fsp3) is 0.316. The standard InChI is InChI=1S/C19H24N2O4S/c1-13(2)26(24,25)21-17-9-5-14(6-10-17)18(22)20-16-11-7-15(8-12-16)19(3,4)23/h5-13,21,23H,1-4H3,(H,20,22). The number of hydrogen-bond acceptors (Lipinski definition) is 4. The molecule has 0 fully saturated rings. The Morgan fingerprint density at radius 3 is 1.92 bits per heavy atom. The Hall–Kier alpha value is -2.38. The molecule has 0 atom stereocenters. The van der Waals surface area contributed by atoms with Crippen LogP contribution in [0.15, 0.2) is 48.5 Å². The number of nitrogens with one attached hydrogen (secondary N) is 2. The monoisotopic (exact) mass is 376 g/mol. The number of hydrogen-bond donors (Lipinski definition) is 3. The SMILES string of the molecule is CC(C)S(=O)(=O)Nc1ccc(C(=O)Nc2ccc(C(C)(C)O)cc2)cc1. The smallest absolute Gasteiger partial charge is 0.255 e. The highest BCUT2D eigenvalue weighted by Gasteiger charge is 2.17. The van der Waals surface area contributed by atoms with Gasteiger partial charge in [0.05, 0.1) is 10.9 Å².